The highest BCUT2D eigenvalue weighted by atomic mass is 32.2. The lowest BCUT2D eigenvalue weighted by molar-refractivity contribution is 0.281. The highest BCUT2D eigenvalue weighted by molar-refractivity contribution is 7.92. The van der Waals surface area contributed by atoms with E-state index in [1.165, 1.54) is 17.8 Å². The van der Waals surface area contributed by atoms with Gasteiger partial charge in [0.2, 0.25) is 0 Å². The monoisotopic (exact) mass is 247 g/mol. The number of rotatable bonds is 2. The van der Waals surface area contributed by atoms with Gasteiger partial charge >= 0.3 is 0 Å². The summed E-state index contributed by atoms with van der Waals surface area (Å²) >= 11 is 1.27. The van der Waals surface area contributed by atoms with Gasteiger partial charge in [-0.2, -0.15) is 0 Å². The first-order valence-electron chi connectivity index (χ1n) is 5.48. The van der Waals surface area contributed by atoms with Gasteiger partial charge in [-0.25, -0.2) is 4.72 Å². The van der Waals surface area contributed by atoms with Crippen molar-refractivity contribution in [2.45, 2.75) is 12.5 Å². The predicted molar refractivity (Wildman–Crippen MR) is 67.3 cm³/mol. The molecule has 2 aromatic rings. The van der Waals surface area contributed by atoms with Crippen LogP contribution < -0.4 is 4.72 Å². The van der Waals surface area contributed by atoms with E-state index >= 15 is 0 Å². The van der Waals surface area contributed by atoms with E-state index in [0.717, 1.165) is 11.3 Å². The maximum Gasteiger partial charge on any atom is 0.138 e. The van der Waals surface area contributed by atoms with Crippen molar-refractivity contribution in [2.24, 2.45) is 0 Å². The fourth-order valence-corrected chi connectivity index (χ4v) is 2.73. The van der Waals surface area contributed by atoms with Crippen LogP contribution in [-0.4, -0.2) is 6.61 Å². The molecule has 1 unspecified atom stereocenters. The van der Waals surface area contributed by atoms with Crippen molar-refractivity contribution in [1.29, 1.82) is 0 Å². The van der Waals surface area contributed by atoms with Crippen molar-refractivity contribution >= 4 is 12.2 Å². The van der Waals surface area contributed by atoms with Crippen molar-refractivity contribution in [3.05, 3.63) is 59.5 Å². The Bertz CT molecular complexity index is 487. The summed E-state index contributed by atoms with van der Waals surface area (Å²) in [6.07, 6.45) is 1.69. The van der Waals surface area contributed by atoms with Gasteiger partial charge in [0.25, 0.3) is 0 Å². The van der Waals surface area contributed by atoms with E-state index in [1.807, 2.05) is 12.1 Å². The summed E-state index contributed by atoms with van der Waals surface area (Å²) in [4.78, 5) is 0. The molecule has 1 fully saturated rings. The van der Waals surface area contributed by atoms with E-state index in [2.05, 4.69) is 35.9 Å². The molecule has 1 aliphatic heterocycles. The Balaban J connectivity index is 2.09. The second kappa shape index (κ2) is 4.22. The first-order valence-corrected chi connectivity index (χ1v) is 6.22. The van der Waals surface area contributed by atoms with Crippen molar-refractivity contribution in [3.8, 4) is 0 Å². The van der Waals surface area contributed by atoms with Crippen LogP contribution in [0.25, 0.3) is 0 Å². The van der Waals surface area contributed by atoms with Crippen LogP contribution in [0.1, 0.15) is 16.9 Å². The Morgan fingerprint density at radius 1 is 1.24 bits per heavy atom. The van der Waals surface area contributed by atoms with Gasteiger partial charge in [0.1, 0.15) is 11.3 Å². The summed E-state index contributed by atoms with van der Waals surface area (Å²) in [5, 5.41) is 0. The molecule has 1 aromatic heterocycles. The average molecular weight is 247 g/mol. The first-order chi connectivity index (χ1) is 8.31. The van der Waals surface area contributed by atoms with Gasteiger partial charge in [-0.05, 0) is 24.6 Å². The summed E-state index contributed by atoms with van der Waals surface area (Å²) in [7, 11) is 0. The molecular formula is C13H13NO2S. The number of furan rings is 1. The number of aryl methyl sites for hydroxylation is 1. The molecule has 0 saturated carbocycles. The molecule has 0 aliphatic carbocycles. The maximum absolute atomic E-state index is 5.55. The Kier molecular flexibility index (Phi) is 2.70. The van der Waals surface area contributed by atoms with Crippen LogP contribution in [0, 0.1) is 6.92 Å². The molecule has 0 bridgehead atoms. The van der Waals surface area contributed by atoms with Crippen LogP contribution in [0.2, 0.25) is 0 Å². The number of hydrogen-bond acceptors (Lipinski definition) is 4. The maximum atomic E-state index is 5.55. The number of nitrogens with one attached hydrogen (secondary N) is 1. The zero-order valence-electron chi connectivity index (χ0n) is 9.47. The van der Waals surface area contributed by atoms with E-state index in [1.54, 1.807) is 6.26 Å². The molecule has 1 aromatic carbocycles. The highest BCUT2D eigenvalue weighted by Gasteiger charge is 2.41. The lowest BCUT2D eigenvalue weighted by Gasteiger charge is -2.25. The average Bonchev–Trinajstić information content (AvgIpc) is 3.01. The molecule has 1 N–H and O–H groups in total. The van der Waals surface area contributed by atoms with E-state index < -0.39 is 0 Å². The van der Waals surface area contributed by atoms with Crippen LogP contribution >= 0.6 is 12.2 Å². The number of hydrogen-bond donors (Lipinski definition) is 1. The van der Waals surface area contributed by atoms with Crippen molar-refractivity contribution in [3.63, 3.8) is 0 Å². The molecule has 17 heavy (non-hydrogen) atoms. The highest BCUT2D eigenvalue weighted by Crippen LogP contribution is 2.37. The molecule has 0 amide bonds. The summed E-state index contributed by atoms with van der Waals surface area (Å²) in [5.74, 6) is 0.881. The van der Waals surface area contributed by atoms with E-state index in [0.29, 0.717) is 6.61 Å². The quantitative estimate of drug-likeness (QED) is 0.653. The zero-order chi connectivity index (χ0) is 11.7. The molecule has 4 heteroatoms. The minimum atomic E-state index is -0.373. The van der Waals surface area contributed by atoms with Crippen molar-refractivity contribution in [2.75, 3.05) is 6.61 Å². The lowest BCUT2D eigenvalue weighted by Crippen LogP contribution is -2.38. The van der Waals surface area contributed by atoms with Crippen LogP contribution in [-0.2, 0) is 9.72 Å². The minimum Gasteiger partial charge on any atom is -0.467 e. The summed E-state index contributed by atoms with van der Waals surface area (Å²) in [6.45, 7) is 2.64. The normalized spacial score (nSPS) is 24.1. The van der Waals surface area contributed by atoms with Gasteiger partial charge < -0.3 is 4.42 Å². The van der Waals surface area contributed by atoms with Gasteiger partial charge in [-0.1, -0.05) is 29.8 Å². The third kappa shape index (κ3) is 1.78. The molecule has 1 aliphatic rings. The second-order valence-electron chi connectivity index (χ2n) is 4.20. The number of benzene rings is 1. The summed E-state index contributed by atoms with van der Waals surface area (Å²) < 4.78 is 14.3. The third-order valence-corrected chi connectivity index (χ3v) is 3.70. The Labute approximate surface area is 105 Å². The molecule has 3 nitrogen and oxygen atoms in total. The molecular weight excluding hydrogens is 234 g/mol. The van der Waals surface area contributed by atoms with E-state index in [4.69, 9.17) is 8.60 Å². The van der Waals surface area contributed by atoms with Gasteiger partial charge in [-0.3, -0.25) is 4.18 Å². The standard InChI is InChI=1S/C13H13NO2S/c1-10-4-6-11(7-5-10)13(9-16-17-14-13)12-3-2-8-15-12/h2-8,14H,9H2,1H3. The van der Waals surface area contributed by atoms with Gasteiger partial charge in [0, 0.05) is 0 Å². The lowest BCUT2D eigenvalue weighted by atomic mass is 9.89. The van der Waals surface area contributed by atoms with E-state index in [9.17, 15) is 0 Å². The largest absolute Gasteiger partial charge is 0.467 e. The topological polar surface area (TPSA) is 34.4 Å². The van der Waals surface area contributed by atoms with Crippen LogP contribution in [0.15, 0.2) is 47.1 Å². The molecule has 0 spiro atoms. The van der Waals surface area contributed by atoms with Crippen LogP contribution in [0.5, 0.6) is 0 Å². The second-order valence-corrected chi connectivity index (χ2v) is 4.80. The van der Waals surface area contributed by atoms with Gasteiger partial charge in [-0.15, -0.1) is 0 Å². The molecule has 1 saturated heterocycles. The molecule has 0 radical (unpaired) electrons. The van der Waals surface area contributed by atoms with Crippen molar-refractivity contribution in [1.82, 2.24) is 4.72 Å². The molecule has 88 valence electrons. The minimum absolute atomic E-state index is 0.373. The van der Waals surface area contributed by atoms with Crippen molar-refractivity contribution < 1.29 is 8.60 Å². The third-order valence-electron chi connectivity index (χ3n) is 3.04. The van der Waals surface area contributed by atoms with Crippen LogP contribution in [0.3, 0.4) is 0 Å². The smallest absolute Gasteiger partial charge is 0.138 e. The molecule has 3 rings (SSSR count). The molecule has 2 heterocycles. The SMILES string of the molecule is Cc1ccc(C2(c3ccco3)COSN2)cc1. The Morgan fingerprint density at radius 3 is 2.65 bits per heavy atom. The fourth-order valence-electron chi connectivity index (χ4n) is 2.01. The molecule has 1 atom stereocenters. The summed E-state index contributed by atoms with van der Waals surface area (Å²) in [5.41, 5.74) is 2.03. The van der Waals surface area contributed by atoms with Gasteiger partial charge in [0.15, 0.2) is 0 Å². The van der Waals surface area contributed by atoms with Gasteiger partial charge in [0.05, 0.1) is 25.1 Å². The van der Waals surface area contributed by atoms with Crippen LogP contribution in [0.4, 0.5) is 0 Å². The Hall–Kier alpha value is -1.23. The Morgan fingerprint density at radius 2 is 2.06 bits per heavy atom. The fraction of sp³-hybridized carbons (Fsp3) is 0.231. The predicted octanol–water partition coefficient (Wildman–Crippen LogP) is 3.01. The zero-order valence-corrected chi connectivity index (χ0v) is 10.3. The van der Waals surface area contributed by atoms with E-state index in [-0.39, 0.29) is 5.54 Å². The summed E-state index contributed by atoms with van der Waals surface area (Å²) in [6, 6.07) is 12.3. The first kappa shape index (κ1) is 10.9.